The molecule has 0 saturated heterocycles. The van der Waals surface area contributed by atoms with E-state index in [1.54, 1.807) is 18.2 Å². The minimum Gasteiger partial charge on any atom is -0.492 e. The maximum Gasteiger partial charge on any atom is 0.137 e. The van der Waals surface area contributed by atoms with Crippen LogP contribution in [0.1, 0.15) is 51.0 Å². The van der Waals surface area contributed by atoms with Gasteiger partial charge in [-0.15, -0.1) is 5.11 Å². The predicted octanol–water partition coefficient (Wildman–Crippen LogP) is 9.86. The van der Waals surface area contributed by atoms with E-state index in [2.05, 4.69) is 33.4 Å². The number of azo groups is 2. The summed E-state index contributed by atoms with van der Waals surface area (Å²) in [5.41, 5.74) is 9.96. The summed E-state index contributed by atoms with van der Waals surface area (Å²) in [7, 11) is 0. The summed E-state index contributed by atoms with van der Waals surface area (Å²) in [6.07, 6.45) is 7.16. The standard InChI is InChI=1S/C31H32N6O/c1-2-3-4-5-6-9-20-38-31-19-16-26(21-23(31)22-32)36-34-24-12-14-25(15-13-24)35-37-30-18-17-29(33)27-10-7-8-11-28(27)30/h7-8,10-19,21H,2-6,9,20,33H2,1H3/b36-34+,37-35+. The van der Waals surface area contributed by atoms with E-state index in [1.165, 1.54) is 25.7 Å². The largest absolute Gasteiger partial charge is 0.492 e. The highest BCUT2D eigenvalue weighted by Crippen LogP contribution is 2.32. The van der Waals surface area contributed by atoms with E-state index < -0.39 is 0 Å². The van der Waals surface area contributed by atoms with E-state index in [0.717, 1.165) is 29.3 Å². The Balaban J connectivity index is 1.35. The number of nitriles is 1. The van der Waals surface area contributed by atoms with Crippen molar-refractivity contribution in [3.8, 4) is 11.8 Å². The van der Waals surface area contributed by atoms with Gasteiger partial charge in [0.2, 0.25) is 0 Å². The molecular weight excluding hydrogens is 472 g/mol. The van der Waals surface area contributed by atoms with Crippen molar-refractivity contribution in [2.45, 2.75) is 45.4 Å². The quantitative estimate of drug-likeness (QED) is 0.118. The lowest BCUT2D eigenvalue weighted by atomic mass is 10.1. The van der Waals surface area contributed by atoms with Crippen LogP contribution in [0.3, 0.4) is 0 Å². The van der Waals surface area contributed by atoms with Crippen LogP contribution in [0.2, 0.25) is 0 Å². The lowest BCUT2D eigenvalue weighted by Gasteiger charge is -2.08. The zero-order valence-electron chi connectivity index (χ0n) is 21.7. The summed E-state index contributed by atoms with van der Waals surface area (Å²) >= 11 is 0. The zero-order chi connectivity index (χ0) is 26.6. The van der Waals surface area contributed by atoms with Gasteiger partial charge in [0.25, 0.3) is 0 Å². The van der Waals surface area contributed by atoms with Gasteiger partial charge in [0, 0.05) is 16.5 Å². The third-order valence-electron chi connectivity index (χ3n) is 6.18. The Morgan fingerprint density at radius 2 is 1.34 bits per heavy atom. The van der Waals surface area contributed by atoms with Crippen molar-refractivity contribution >= 4 is 39.2 Å². The smallest absolute Gasteiger partial charge is 0.137 e. The molecule has 0 spiro atoms. The molecule has 0 radical (unpaired) electrons. The van der Waals surface area contributed by atoms with Crippen molar-refractivity contribution in [3.63, 3.8) is 0 Å². The molecule has 7 nitrogen and oxygen atoms in total. The first kappa shape index (κ1) is 26.5. The highest BCUT2D eigenvalue weighted by molar-refractivity contribution is 5.99. The van der Waals surface area contributed by atoms with E-state index in [-0.39, 0.29) is 0 Å². The molecule has 0 aliphatic carbocycles. The average molecular weight is 505 g/mol. The number of hydrogen-bond acceptors (Lipinski definition) is 7. The van der Waals surface area contributed by atoms with Crippen molar-refractivity contribution in [1.82, 2.24) is 0 Å². The summed E-state index contributed by atoms with van der Waals surface area (Å²) in [4.78, 5) is 0. The SMILES string of the molecule is CCCCCCCCOc1ccc(/N=N/c2ccc(/N=N/c3ccc(N)c4ccccc34)cc2)cc1C#N. The van der Waals surface area contributed by atoms with Gasteiger partial charge in [-0.25, -0.2) is 0 Å². The van der Waals surface area contributed by atoms with Crippen LogP contribution in [0.15, 0.2) is 99.3 Å². The van der Waals surface area contributed by atoms with Gasteiger partial charge in [-0.2, -0.15) is 20.6 Å². The van der Waals surface area contributed by atoms with E-state index in [1.807, 2.05) is 60.7 Å². The Hall–Kier alpha value is -4.57. The number of anilines is 1. The lowest BCUT2D eigenvalue weighted by molar-refractivity contribution is 0.303. The van der Waals surface area contributed by atoms with Crippen LogP contribution in [0.5, 0.6) is 5.75 Å². The number of ether oxygens (including phenoxy) is 1. The van der Waals surface area contributed by atoms with Gasteiger partial charge >= 0.3 is 0 Å². The van der Waals surface area contributed by atoms with Crippen LogP contribution in [-0.2, 0) is 0 Å². The molecule has 7 heteroatoms. The topological polar surface area (TPSA) is 108 Å². The van der Waals surface area contributed by atoms with Gasteiger partial charge in [-0.1, -0.05) is 63.3 Å². The zero-order valence-corrected chi connectivity index (χ0v) is 21.7. The fraction of sp³-hybridized carbons (Fsp3) is 0.258. The van der Waals surface area contributed by atoms with E-state index in [0.29, 0.717) is 40.7 Å². The highest BCUT2D eigenvalue weighted by Gasteiger charge is 2.06. The van der Waals surface area contributed by atoms with Crippen molar-refractivity contribution in [1.29, 1.82) is 5.26 Å². The fourth-order valence-corrected chi connectivity index (χ4v) is 4.06. The first-order valence-corrected chi connectivity index (χ1v) is 13.1. The molecule has 2 N–H and O–H groups in total. The van der Waals surface area contributed by atoms with Crippen LogP contribution in [0.25, 0.3) is 10.8 Å². The number of nitrogens with zero attached hydrogens (tertiary/aromatic N) is 5. The normalized spacial score (nSPS) is 11.4. The molecule has 4 aromatic carbocycles. The summed E-state index contributed by atoms with van der Waals surface area (Å²) in [6.45, 7) is 2.82. The maximum absolute atomic E-state index is 9.54. The first-order chi connectivity index (χ1) is 18.7. The number of hydrogen-bond donors (Lipinski definition) is 1. The molecule has 0 heterocycles. The molecule has 0 atom stereocenters. The monoisotopic (exact) mass is 504 g/mol. The average Bonchev–Trinajstić information content (AvgIpc) is 2.96. The number of unbranched alkanes of at least 4 members (excludes halogenated alkanes) is 5. The van der Waals surface area contributed by atoms with Gasteiger partial charge in [0.05, 0.1) is 34.9 Å². The number of benzene rings is 4. The second-order valence-corrected chi connectivity index (χ2v) is 9.04. The Bertz CT molecular complexity index is 1450. The molecule has 0 fully saturated rings. The van der Waals surface area contributed by atoms with Gasteiger partial charge in [0.1, 0.15) is 11.8 Å². The third kappa shape index (κ3) is 7.23. The van der Waals surface area contributed by atoms with Gasteiger partial charge in [-0.3, -0.25) is 0 Å². The summed E-state index contributed by atoms with van der Waals surface area (Å²) < 4.78 is 5.83. The molecule has 0 saturated carbocycles. The van der Waals surface area contributed by atoms with Crippen molar-refractivity contribution in [3.05, 3.63) is 84.4 Å². The van der Waals surface area contributed by atoms with Gasteiger partial charge in [0.15, 0.2) is 0 Å². The van der Waals surface area contributed by atoms with E-state index in [9.17, 15) is 5.26 Å². The first-order valence-electron chi connectivity index (χ1n) is 13.1. The molecule has 0 unspecified atom stereocenters. The molecule has 0 aliphatic rings. The summed E-state index contributed by atoms with van der Waals surface area (Å²) in [5.74, 6) is 0.587. The molecule has 38 heavy (non-hydrogen) atoms. The molecule has 192 valence electrons. The summed E-state index contributed by atoms with van der Waals surface area (Å²) in [6, 6.07) is 26.4. The number of nitrogen functional groups attached to an aromatic ring is 1. The fourth-order valence-electron chi connectivity index (χ4n) is 4.06. The molecule has 4 rings (SSSR count). The second-order valence-electron chi connectivity index (χ2n) is 9.04. The molecule has 0 bridgehead atoms. The maximum atomic E-state index is 9.54. The predicted molar refractivity (Wildman–Crippen MR) is 153 cm³/mol. The Kier molecular flexibility index (Phi) is 9.52. The highest BCUT2D eigenvalue weighted by atomic mass is 16.5. The second kappa shape index (κ2) is 13.7. The van der Waals surface area contributed by atoms with Crippen LogP contribution in [-0.4, -0.2) is 6.61 Å². The minimum absolute atomic E-state index is 0.457. The molecule has 4 aromatic rings. The van der Waals surface area contributed by atoms with E-state index in [4.69, 9.17) is 10.5 Å². The van der Waals surface area contributed by atoms with Crippen LogP contribution in [0, 0.1) is 11.3 Å². The number of fused-ring (bicyclic) bond motifs is 1. The van der Waals surface area contributed by atoms with Crippen LogP contribution < -0.4 is 10.5 Å². The molecule has 0 aliphatic heterocycles. The molecule has 0 aromatic heterocycles. The third-order valence-corrected chi connectivity index (χ3v) is 6.18. The molecule has 0 amide bonds. The van der Waals surface area contributed by atoms with Crippen LogP contribution >= 0.6 is 0 Å². The Morgan fingerprint density at radius 1 is 0.711 bits per heavy atom. The number of rotatable bonds is 12. The van der Waals surface area contributed by atoms with Gasteiger partial charge in [-0.05, 0) is 61.0 Å². The summed E-state index contributed by atoms with van der Waals surface area (Å²) in [5, 5.41) is 28.8. The van der Waals surface area contributed by atoms with Gasteiger partial charge < -0.3 is 10.5 Å². The van der Waals surface area contributed by atoms with Crippen LogP contribution in [0.4, 0.5) is 28.4 Å². The lowest BCUT2D eigenvalue weighted by Crippen LogP contribution is -1.99. The number of nitrogens with two attached hydrogens (primary N) is 1. The Morgan fingerprint density at radius 3 is 2.08 bits per heavy atom. The molecular formula is C31H32N6O. The van der Waals surface area contributed by atoms with E-state index >= 15 is 0 Å². The van der Waals surface area contributed by atoms with Crippen molar-refractivity contribution in [2.75, 3.05) is 12.3 Å². The minimum atomic E-state index is 0.457. The van der Waals surface area contributed by atoms with Crippen molar-refractivity contribution < 1.29 is 4.74 Å². The van der Waals surface area contributed by atoms with Crippen molar-refractivity contribution in [2.24, 2.45) is 20.5 Å². The Labute approximate surface area is 223 Å².